The maximum atomic E-state index is 12.0. The highest BCUT2D eigenvalue weighted by Crippen LogP contribution is 2.32. The molecule has 5 nitrogen and oxygen atoms in total. The number of nitrogens with one attached hydrogen (secondary N) is 1. The SMILES string of the molecule is CNCC1(CN2CCSCC2S(C)(=O)=O)CCCOC1. The smallest absolute Gasteiger partial charge is 0.164 e. The van der Waals surface area contributed by atoms with Crippen LogP contribution in [0.1, 0.15) is 12.8 Å². The van der Waals surface area contributed by atoms with Gasteiger partial charge in [0.1, 0.15) is 5.37 Å². The van der Waals surface area contributed by atoms with Gasteiger partial charge in [-0.15, -0.1) is 0 Å². The van der Waals surface area contributed by atoms with Crippen molar-refractivity contribution in [3.8, 4) is 0 Å². The quantitative estimate of drug-likeness (QED) is 0.792. The van der Waals surface area contributed by atoms with Gasteiger partial charge in [-0.05, 0) is 19.9 Å². The molecule has 2 fully saturated rings. The van der Waals surface area contributed by atoms with Crippen LogP contribution in [0.4, 0.5) is 0 Å². The molecule has 2 unspecified atom stereocenters. The maximum absolute atomic E-state index is 12.0. The molecule has 0 aliphatic carbocycles. The summed E-state index contributed by atoms with van der Waals surface area (Å²) in [6, 6.07) is 0. The van der Waals surface area contributed by atoms with E-state index in [0.29, 0.717) is 5.75 Å². The fourth-order valence-electron chi connectivity index (χ4n) is 3.23. The van der Waals surface area contributed by atoms with E-state index in [1.807, 2.05) is 7.05 Å². The van der Waals surface area contributed by atoms with Gasteiger partial charge in [0.2, 0.25) is 0 Å². The molecule has 0 radical (unpaired) electrons. The normalized spacial score (nSPS) is 33.2. The van der Waals surface area contributed by atoms with Crippen LogP contribution in [0.15, 0.2) is 0 Å². The fourth-order valence-corrected chi connectivity index (χ4v) is 6.17. The van der Waals surface area contributed by atoms with Gasteiger partial charge in [-0.2, -0.15) is 11.8 Å². The minimum Gasteiger partial charge on any atom is -0.381 e. The minimum atomic E-state index is -3.02. The van der Waals surface area contributed by atoms with E-state index in [2.05, 4.69) is 10.2 Å². The van der Waals surface area contributed by atoms with Crippen molar-refractivity contribution in [2.45, 2.75) is 18.2 Å². The summed E-state index contributed by atoms with van der Waals surface area (Å²) in [6.45, 7) is 4.11. The van der Waals surface area contributed by atoms with Crippen LogP contribution in [0, 0.1) is 5.41 Å². The van der Waals surface area contributed by atoms with Crippen LogP contribution in [0.3, 0.4) is 0 Å². The Labute approximate surface area is 126 Å². The zero-order chi connectivity index (χ0) is 14.6. The molecule has 2 aliphatic rings. The predicted octanol–water partition coefficient (Wildman–Crippen LogP) is 0.422. The molecule has 2 rings (SSSR count). The molecule has 2 saturated heterocycles. The fraction of sp³-hybridized carbons (Fsp3) is 1.00. The summed E-state index contributed by atoms with van der Waals surface area (Å²) in [7, 11) is -1.07. The van der Waals surface area contributed by atoms with Crippen molar-refractivity contribution in [2.75, 3.05) is 57.7 Å². The largest absolute Gasteiger partial charge is 0.381 e. The first kappa shape index (κ1) is 16.5. The van der Waals surface area contributed by atoms with E-state index in [1.54, 1.807) is 11.8 Å². The number of hydrogen-bond donors (Lipinski definition) is 1. The van der Waals surface area contributed by atoms with Gasteiger partial charge < -0.3 is 10.1 Å². The molecule has 20 heavy (non-hydrogen) atoms. The molecule has 0 aromatic carbocycles. The van der Waals surface area contributed by atoms with Gasteiger partial charge in [0.25, 0.3) is 0 Å². The lowest BCUT2D eigenvalue weighted by molar-refractivity contribution is -0.0260. The predicted molar refractivity (Wildman–Crippen MR) is 83.9 cm³/mol. The van der Waals surface area contributed by atoms with Crippen LogP contribution in [0.5, 0.6) is 0 Å². The molecule has 0 bridgehead atoms. The summed E-state index contributed by atoms with van der Waals surface area (Å²) in [6.07, 6.45) is 3.53. The van der Waals surface area contributed by atoms with Gasteiger partial charge in [-0.25, -0.2) is 8.42 Å². The first-order valence-corrected chi connectivity index (χ1v) is 10.3. The molecule has 2 heterocycles. The number of nitrogens with zero attached hydrogens (tertiary/aromatic N) is 1. The third-order valence-corrected chi connectivity index (χ3v) is 6.87. The average molecular weight is 322 g/mol. The third kappa shape index (κ3) is 4.10. The zero-order valence-electron chi connectivity index (χ0n) is 12.4. The molecule has 0 spiro atoms. The Morgan fingerprint density at radius 3 is 2.90 bits per heavy atom. The van der Waals surface area contributed by atoms with E-state index in [1.165, 1.54) is 6.26 Å². The Bertz CT molecular complexity index is 402. The molecular formula is C13H26N2O3S2. The molecular weight excluding hydrogens is 296 g/mol. The van der Waals surface area contributed by atoms with Crippen LogP contribution < -0.4 is 5.32 Å². The molecule has 1 N–H and O–H groups in total. The lowest BCUT2D eigenvalue weighted by atomic mass is 9.81. The summed E-state index contributed by atoms with van der Waals surface area (Å²) in [4.78, 5) is 2.16. The Hall–Kier alpha value is 0.180. The molecule has 0 aromatic rings. The number of sulfone groups is 1. The topological polar surface area (TPSA) is 58.6 Å². The van der Waals surface area contributed by atoms with E-state index in [4.69, 9.17) is 4.74 Å². The Balaban J connectivity index is 2.11. The molecule has 2 atom stereocenters. The van der Waals surface area contributed by atoms with Crippen molar-refractivity contribution >= 4 is 21.6 Å². The van der Waals surface area contributed by atoms with Crippen molar-refractivity contribution < 1.29 is 13.2 Å². The van der Waals surface area contributed by atoms with Crippen molar-refractivity contribution in [3.05, 3.63) is 0 Å². The molecule has 0 amide bonds. The van der Waals surface area contributed by atoms with Crippen LogP contribution in [0.25, 0.3) is 0 Å². The molecule has 7 heteroatoms. The Morgan fingerprint density at radius 2 is 2.30 bits per heavy atom. The molecule has 0 aromatic heterocycles. The number of rotatable bonds is 5. The first-order chi connectivity index (χ1) is 9.47. The highest BCUT2D eigenvalue weighted by molar-refractivity contribution is 8.00. The van der Waals surface area contributed by atoms with Gasteiger partial charge in [0.05, 0.1) is 6.61 Å². The van der Waals surface area contributed by atoms with E-state index in [0.717, 1.165) is 51.4 Å². The van der Waals surface area contributed by atoms with Gasteiger partial charge >= 0.3 is 0 Å². The second kappa shape index (κ2) is 6.96. The van der Waals surface area contributed by atoms with Gasteiger partial charge in [0, 0.05) is 49.4 Å². The van der Waals surface area contributed by atoms with Crippen molar-refractivity contribution in [3.63, 3.8) is 0 Å². The van der Waals surface area contributed by atoms with Crippen molar-refractivity contribution in [1.82, 2.24) is 10.2 Å². The van der Waals surface area contributed by atoms with Crippen LogP contribution in [0.2, 0.25) is 0 Å². The zero-order valence-corrected chi connectivity index (χ0v) is 14.1. The highest BCUT2D eigenvalue weighted by atomic mass is 32.2. The minimum absolute atomic E-state index is 0.0535. The maximum Gasteiger partial charge on any atom is 0.164 e. The van der Waals surface area contributed by atoms with E-state index in [9.17, 15) is 8.42 Å². The average Bonchev–Trinajstić information content (AvgIpc) is 2.39. The Morgan fingerprint density at radius 1 is 1.50 bits per heavy atom. The first-order valence-electron chi connectivity index (χ1n) is 7.20. The number of thioether (sulfide) groups is 1. The van der Waals surface area contributed by atoms with Crippen LogP contribution in [-0.4, -0.2) is 76.3 Å². The lowest BCUT2D eigenvalue weighted by Gasteiger charge is -2.44. The monoisotopic (exact) mass is 322 g/mol. The highest BCUT2D eigenvalue weighted by Gasteiger charge is 2.39. The lowest BCUT2D eigenvalue weighted by Crippen LogP contribution is -2.55. The van der Waals surface area contributed by atoms with Crippen molar-refractivity contribution in [2.24, 2.45) is 5.41 Å². The number of hydrogen-bond acceptors (Lipinski definition) is 6. The molecule has 0 saturated carbocycles. The van der Waals surface area contributed by atoms with Gasteiger partial charge in [-0.3, -0.25) is 4.90 Å². The summed E-state index contributed by atoms with van der Waals surface area (Å²) in [5.74, 6) is 1.71. The second-order valence-corrected chi connectivity index (χ2v) is 9.37. The summed E-state index contributed by atoms with van der Waals surface area (Å²) in [5, 5.41) is 2.92. The second-order valence-electron chi connectivity index (χ2n) is 6.02. The number of ether oxygens (including phenoxy) is 1. The summed E-state index contributed by atoms with van der Waals surface area (Å²) < 4.78 is 29.7. The van der Waals surface area contributed by atoms with E-state index >= 15 is 0 Å². The summed E-state index contributed by atoms with van der Waals surface area (Å²) in [5.41, 5.74) is 0.0535. The van der Waals surface area contributed by atoms with E-state index in [-0.39, 0.29) is 10.8 Å². The van der Waals surface area contributed by atoms with Gasteiger partial charge in [-0.1, -0.05) is 0 Å². The van der Waals surface area contributed by atoms with Crippen molar-refractivity contribution in [1.29, 1.82) is 0 Å². The summed E-state index contributed by atoms with van der Waals surface area (Å²) >= 11 is 1.74. The molecule has 118 valence electrons. The third-order valence-electron chi connectivity index (χ3n) is 4.18. The van der Waals surface area contributed by atoms with E-state index < -0.39 is 9.84 Å². The Kier molecular flexibility index (Phi) is 5.76. The van der Waals surface area contributed by atoms with Gasteiger partial charge in [0.15, 0.2) is 9.84 Å². The van der Waals surface area contributed by atoms with Crippen LogP contribution >= 0.6 is 11.8 Å². The van der Waals surface area contributed by atoms with Crippen LogP contribution in [-0.2, 0) is 14.6 Å². The standard InChI is InChI=1S/C13H26N2O3S2/c1-14-9-13(4-3-6-18-11-13)10-15-5-7-19-8-12(15)20(2,16)17/h12,14H,3-11H2,1-2H3. The molecule has 2 aliphatic heterocycles.